The minimum atomic E-state index is -0.0216. The molecule has 0 aromatic carbocycles. The van der Waals surface area contributed by atoms with Crippen molar-refractivity contribution < 1.29 is 9.53 Å². The summed E-state index contributed by atoms with van der Waals surface area (Å²) in [5, 5.41) is 0. The Hall–Kier alpha value is -0.610. The Kier molecular flexibility index (Phi) is 4.90. The third-order valence-corrected chi connectivity index (χ3v) is 2.87. The number of hydrogen-bond donors (Lipinski definition) is 2. The number of rotatable bonds is 4. The predicted molar refractivity (Wildman–Crippen MR) is 54.3 cm³/mol. The molecule has 0 bridgehead atoms. The second kappa shape index (κ2) is 5.98. The van der Waals surface area contributed by atoms with E-state index in [0.717, 1.165) is 32.2 Å². The summed E-state index contributed by atoms with van der Waals surface area (Å²) in [6.07, 6.45) is 4.05. The van der Waals surface area contributed by atoms with Crippen LogP contribution in [0.1, 0.15) is 32.6 Å². The fourth-order valence-corrected chi connectivity index (χ4v) is 2.03. The van der Waals surface area contributed by atoms with Crippen LogP contribution in [-0.2, 0) is 9.53 Å². The first-order valence-electron chi connectivity index (χ1n) is 5.38. The van der Waals surface area contributed by atoms with Crippen LogP contribution in [0.25, 0.3) is 0 Å². The molecule has 4 nitrogen and oxygen atoms in total. The van der Waals surface area contributed by atoms with Gasteiger partial charge >= 0.3 is 5.97 Å². The van der Waals surface area contributed by atoms with Gasteiger partial charge in [-0.1, -0.05) is 0 Å². The maximum atomic E-state index is 11.4. The van der Waals surface area contributed by atoms with E-state index in [0.29, 0.717) is 12.5 Å². The molecule has 0 amide bonds. The van der Waals surface area contributed by atoms with Gasteiger partial charge in [0.25, 0.3) is 0 Å². The van der Waals surface area contributed by atoms with Crippen LogP contribution in [-0.4, -0.2) is 19.1 Å². The Morgan fingerprint density at radius 1 is 1.43 bits per heavy atom. The van der Waals surface area contributed by atoms with Gasteiger partial charge in [-0.25, -0.2) is 0 Å². The minimum Gasteiger partial charge on any atom is -0.466 e. The van der Waals surface area contributed by atoms with Crippen LogP contribution >= 0.6 is 0 Å². The second-order valence-corrected chi connectivity index (χ2v) is 3.88. The maximum absolute atomic E-state index is 11.4. The van der Waals surface area contributed by atoms with Gasteiger partial charge in [-0.15, -0.1) is 0 Å². The highest BCUT2D eigenvalue weighted by molar-refractivity contribution is 5.72. The number of carbonyl (C=O) groups is 1. The zero-order valence-electron chi connectivity index (χ0n) is 8.79. The van der Waals surface area contributed by atoms with Crippen molar-refractivity contribution in [2.24, 2.45) is 17.7 Å². The van der Waals surface area contributed by atoms with Gasteiger partial charge < -0.3 is 4.74 Å². The summed E-state index contributed by atoms with van der Waals surface area (Å²) in [6.45, 7) is 3.19. The Morgan fingerprint density at radius 2 is 2.07 bits per heavy atom. The van der Waals surface area contributed by atoms with Gasteiger partial charge in [0.05, 0.1) is 12.5 Å². The Bertz CT molecular complexity index is 177. The van der Waals surface area contributed by atoms with E-state index in [1.165, 1.54) is 0 Å². The van der Waals surface area contributed by atoms with Crippen molar-refractivity contribution in [3.8, 4) is 0 Å². The molecule has 14 heavy (non-hydrogen) atoms. The van der Waals surface area contributed by atoms with Crippen molar-refractivity contribution in [3.05, 3.63) is 0 Å². The summed E-state index contributed by atoms with van der Waals surface area (Å²) in [7, 11) is 0. The van der Waals surface area contributed by atoms with E-state index in [4.69, 9.17) is 10.6 Å². The van der Waals surface area contributed by atoms with Crippen LogP contribution in [0.4, 0.5) is 0 Å². The highest BCUT2D eigenvalue weighted by Crippen LogP contribution is 2.28. The van der Waals surface area contributed by atoms with Crippen molar-refractivity contribution in [3.63, 3.8) is 0 Å². The lowest BCUT2D eigenvalue weighted by molar-refractivity contribution is -0.149. The first-order chi connectivity index (χ1) is 6.77. The Morgan fingerprint density at radius 3 is 2.57 bits per heavy atom. The summed E-state index contributed by atoms with van der Waals surface area (Å²) in [5.41, 5.74) is 2.69. The molecule has 1 fully saturated rings. The molecule has 0 aromatic heterocycles. The molecule has 3 N–H and O–H groups in total. The topological polar surface area (TPSA) is 64.3 Å². The number of hydrazine groups is 1. The molecule has 0 unspecified atom stereocenters. The zero-order chi connectivity index (χ0) is 10.4. The average Bonchev–Trinajstić information content (AvgIpc) is 2.20. The fourth-order valence-electron chi connectivity index (χ4n) is 2.03. The van der Waals surface area contributed by atoms with E-state index in [-0.39, 0.29) is 11.9 Å². The molecular formula is C10H20N2O2. The lowest BCUT2D eigenvalue weighted by Crippen LogP contribution is -2.32. The number of ether oxygens (including phenoxy) is 1. The summed E-state index contributed by atoms with van der Waals surface area (Å²) >= 11 is 0. The van der Waals surface area contributed by atoms with Gasteiger partial charge in [-0.3, -0.25) is 16.1 Å². The van der Waals surface area contributed by atoms with Crippen LogP contribution in [0.2, 0.25) is 0 Å². The monoisotopic (exact) mass is 200 g/mol. The number of nitrogens with one attached hydrogen (secondary N) is 1. The van der Waals surface area contributed by atoms with Gasteiger partial charge in [0.2, 0.25) is 0 Å². The van der Waals surface area contributed by atoms with Gasteiger partial charge in [-0.05, 0) is 38.5 Å². The molecule has 1 rings (SSSR count). The van der Waals surface area contributed by atoms with E-state index in [1.807, 2.05) is 6.92 Å². The first kappa shape index (κ1) is 11.5. The molecule has 1 aliphatic carbocycles. The van der Waals surface area contributed by atoms with Gasteiger partial charge in [0.15, 0.2) is 0 Å². The van der Waals surface area contributed by atoms with Crippen molar-refractivity contribution in [2.45, 2.75) is 32.6 Å². The number of carbonyl (C=O) groups excluding carboxylic acids is 1. The van der Waals surface area contributed by atoms with E-state index in [1.54, 1.807) is 0 Å². The van der Waals surface area contributed by atoms with Gasteiger partial charge in [-0.2, -0.15) is 0 Å². The molecule has 0 spiro atoms. The zero-order valence-corrected chi connectivity index (χ0v) is 8.79. The quantitative estimate of drug-likeness (QED) is 0.400. The van der Waals surface area contributed by atoms with Crippen LogP contribution < -0.4 is 11.3 Å². The van der Waals surface area contributed by atoms with E-state index < -0.39 is 0 Å². The van der Waals surface area contributed by atoms with E-state index >= 15 is 0 Å². The van der Waals surface area contributed by atoms with Gasteiger partial charge in [0.1, 0.15) is 0 Å². The smallest absolute Gasteiger partial charge is 0.308 e. The van der Waals surface area contributed by atoms with Gasteiger partial charge in [0, 0.05) is 6.54 Å². The molecule has 0 radical (unpaired) electrons. The molecule has 0 aromatic rings. The number of nitrogens with two attached hydrogens (primary N) is 1. The summed E-state index contributed by atoms with van der Waals surface area (Å²) in [6, 6.07) is 0. The normalized spacial score (nSPS) is 27.3. The largest absolute Gasteiger partial charge is 0.466 e. The third kappa shape index (κ3) is 3.27. The number of hydrogen-bond acceptors (Lipinski definition) is 4. The molecule has 82 valence electrons. The van der Waals surface area contributed by atoms with E-state index in [9.17, 15) is 4.79 Å². The predicted octanol–water partition coefficient (Wildman–Crippen LogP) is 0.819. The lowest BCUT2D eigenvalue weighted by Gasteiger charge is -2.26. The minimum absolute atomic E-state index is 0.0216. The van der Waals surface area contributed by atoms with Crippen LogP contribution in [0.15, 0.2) is 0 Å². The van der Waals surface area contributed by atoms with E-state index in [2.05, 4.69) is 5.43 Å². The fraction of sp³-hybridized carbons (Fsp3) is 0.900. The molecule has 1 saturated carbocycles. The highest BCUT2D eigenvalue weighted by Gasteiger charge is 2.26. The SMILES string of the molecule is CCOC(=O)C1CCC(CNN)CC1. The Labute approximate surface area is 85.2 Å². The second-order valence-electron chi connectivity index (χ2n) is 3.88. The van der Waals surface area contributed by atoms with Crippen LogP contribution in [0.5, 0.6) is 0 Å². The third-order valence-electron chi connectivity index (χ3n) is 2.87. The first-order valence-corrected chi connectivity index (χ1v) is 5.38. The lowest BCUT2D eigenvalue weighted by atomic mass is 9.82. The standard InChI is InChI=1S/C10H20N2O2/c1-2-14-10(13)9-5-3-8(4-6-9)7-12-11/h8-9,12H,2-7,11H2,1H3. The molecule has 1 aliphatic rings. The molecule has 0 atom stereocenters. The van der Waals surface area contributed by atoms with Crippen molar-refractivity contribution in [1.29, 1.82) is 0 Å². The average molecular weight is 200 g/mol. The molecule has 0 heterocycles. The highest BCUT2D eigenvalue weighted by atomic mass is 16.5. The molecule has 4 heteroatoms. The Balaban J connectivity index is 2.24. The van der Waals surface area contributed by atoms with Crippen molar-refractivity contribution >= 4 is 5.97 Å². The maximum Gasteiger partial charge on any atom is 0.308 e. The summed E-state index contributed by atoms with van der Waals surface area (Å²) < 4.78 is 5.00. The van der Waals surface area contributed by atoms with Crippen LogP contribution in [0, 0.1) is 11.8 Å². The van der Waals surface area contributed by atoms with Crippen LogP contribution in [0.3, 0.4) is 0 Å². The number of esters is 1. The molecular weight excluding hydrogens is 180 g/mol. The molecule has 0 saturated heterocycles. The summed E-state index contributed by atoms with van der Waals surface area (Å²) in [5.74, 6) is 6.00. The molecule has 0 aliphatic heterocycles. The van der Waals surface area contributed by atoms with Crippen molar-refractivity contribution in [2.75, 3.05) is 13.2 Å². The summed E-state index contributed by atoms with van der Waals surface area (Å²) in [4.78, 5) is 11.4. The van der Waals surface area contributed by atoms with Crippen molar-refractivity contribution in [1.82, 2.24) is 5.43 Å².